The Kier molecular flexibility index (Phi) is 7.16. The van der Waals surface area contributed by atoms with Crippen LogP contribution in [0.4, 0.5) is 0 Å². The first-order chi connectivity index (χ1) is 9.57. The molecule has 0 aliphatic carbocycles. The Morgan fingerprint density at radius 2 is 1.90 bits per heavy atom. The number of carbonyl (C=O) groups is 1. The average Bonchev–Trinajstić information content (AvgIpc) is 2.89. The van der Waals surface area contributed by atoms with Crippen molar-refractivity contribution in [1.82, 2.24) is 0 Å². The molecule has 0 aromatic carbocycles. The molecule has 5 nitrogen and oxygen atoms in total. The number of rotatable bonds is 8. The Morgan fingerprint density at radius 3 is 2.35 bits per heavy atom. The lowest BCUT2D eigenvalue weighted by Crippen LogP contribution is -2.11. The molecule has 7 heteroatoms. The summed E-state index contributed by atoms with van der Waals surface area (Å²) in [6.45, 7) is 5.63. The molecular formula is C13H19O5PS. The molecule has 0 unspecified atom stereocenters. The average molecular weight is 318 g/mol. The van der Waals surface area contributed by atoms with Crippen molar-refractivity contribution in [3.05, 3.63) is 27.7 Å². The number of ether oxygens (including phenoxy) is 1. The summed E-state index contributed by atoms with van der Waals surface area (Å²) in [6, 6.07) is 3.65. The number of hydrogen-bond acceptors (Lipinski definition) is 6. The predicted molar refractivity (Wildman–Crippen MR) is 79.8 cm³/mol. The van der Waals surface area contributed by atoms with Gasteiger partial charge in [-0.25, -0.2) is 4.79 Å². The number of carbonyl (C=O) groups excluding carboxylic acids is 1. The van der Waals surface area contributed by atoms with E-state index < -0.39 is 13.6 Å². The second-order valence-electron chi connectivity index (χ2n) is 3.60. The Morgan fingerprint density at radius 1 is 1.25 bits per heavy atom. The minimum atomic E-state index is -3.66. The maximum absolute atomic E-state index is 12.7. The summed E-state index contributed by atoms with van der Waals surface area (Å²) in [5.74, 6) is -0.675. The molecule has 1 aromatic heterocycles. The maximum atomic E-state index is 12.7. The summed E-state index contributed by atoms with van der Waals surface area (Å²) in [4.78, 5) is 12.8. The van der Waals surface area contributed by atoms with Gasteiger partial charge < -0.3 is 13.8 Å². The number of thiophene rings is 1. The minimum absolute atomic E-state index is 0.0644. The van der Waals surface area contributed by atoms with Crippen LogP contribution in [0.25, 0.3) is 6.08 Å². The Hall–Kier alpha value is -0.940. The first-order valence-corrected chi connectivity index (χ1v) is 8.81. The van der Waals surface area contributed by atoms with Gasteiger partial charge in [-0.2, -0.15) is 0 Å². The van der Waals surface area contributed by atoms with E-state index in [-0.39, 0.29) is 25.1 Å². The SMILES string of the molecule is CCOC(=O)/C(=C\c1cccs1)P(=O)(OCC)OCC. The van der Waals surface area contributed by atoms with E-state index in [0.717, 1.165) is 4.88 Å². The topological polar surface area (TPSA) is 61.8 Å². The molecule has 0 radical (unpaired) electrons. The van der Waals surface area contributed by atoms with Crippen molar-refractivity contribution in [3.63, 3.8) is 0 Å². The smallest absolute Gasteiger partial charge is 0.368 e. The normalized spacial score (nSPS) is 12.4. The number of hydrogen-bond donors (Lipinski definition) is 0. The van der Waals surface area contributed by atoms with Gasteiger partial charge in [0.1, 0.15) is 0 Å². The van der Waals surface area contributed by atoms with Crippen LogP contribution in [0.3, 0.4) is 0 Å². The first-order valence-electron chi connectivity index (χ1n) is 6.39. The molecule has 20 heavy (non-hydrogen) atoms. The lowest BCUT2D eigenvalue weighted by atomic mass is 10.4. The summed E-state index contributed by atoms with van der Waals surface area (Å²) in [7, 11) is -3.66. The molecule has 0 bridgehead atoms. The maximum Gasteiger partial charge on any atom is 0.368 e. The second kappa shape index (κ2) is 8.37. The van der Waals surface area contributed by atoms with Crippen LogP contribution in [0.2, 0.25) is 0 Å². The standard InChI is InChI=1S/C13H19O5PS/c1-4-16-13(14)12(10-11-8-7-9-20-11)19(15,17-5-2)18-6-3/h7-10H,4-6H2,1-3H3/b12-10+. The quantitative estimate of drug-likeness (QED) is 0.413. The van der Waals surface area contributed by atoms with E-state index >= 15 is 0 Å². The van der Waals surface area contributed by atoms with Gasteiger partial charge in [0.25, 0.3) is 0 Å². The van der Waals surface area contributed by atoms with Gasteiger partial charge in [0.15, 0.2) is 5.31 Å². The highest BCUT2D eigenvalue weighted by Crippen LogP contribution is 2.57. The van der Waals surface area contributed by atoms with Crippen LogP contribution in [0, 0.1) is 0 Å². The molecule has 0 saturated carbocycles. The fraction of sp³-hybridized carbons (Fsp3) is 0.462. The van der Waals surface area contributed by atoms with Crippen molar-refractivity contribution in [3.8, 4) is 0 Å². The van der Waals surface area contributed by atoms with Gasteiger partial charge in [-0.15, -0.1) is 11.3 Å². The van der Waals surface area contributed by atoms with E-state index in [1.54, 1.807) is 20.8 Å². The van der Waals surface area contributed by atoms with E-state index in [4.69, 9.17) is 13.8 Å². The van der Waals surface area contributed by atoms with Crippen LogP contribution in [-0.4, -0.2) is 25.8 Å². The van der Waals surface area contributed by atoms with Crippen LogP contribution in [0.5, 0.6) is 0 Å². The highest BCUT2D eigenvalue weighted by atomic mass is 32.1. The zero-order valence-corrected chi connectivity index (χ0v) is 13.5. The second-order valence-corrected chi connectivity index (χ2v) is 6.57. The largest absolute Gasteiger partial charge is 0.462 e. The van der Waals surface area contributed by atoms with Gasteiger partial charge in [0, 0.05) is 4.88 Å². The summed E-state index contributed by atoms with van der Waals surface area (Å²) in [5.41, 5.74) is 0. The zero-order chi connectivity index (χ0) is 15.0. The van der Waals surface area contributed by atoms with Gasteiger partial charge in [0.2, 0.25) is 0 Å². The fourth-order valence-corrected chi connectivity index (χ4v) is 3.84. The number of esters is 1. The lowest BCUT2D eigenvalue weighted by Gasteiger charge is -2.18. The van der Waals surface area contributed by atoms with Crippen molar-refractivity contribution in [2.24, 2.45) is 0 Å². The third-order valence-corrected chi connectivity index (χ3v) is 5.12. The molecule has 1 aromatic rings. The van der Waals surface area contributed by atoms with Gasteiger partial charge in [-0.3, -0.25) is 4.57 Å². The molecule has 0 fully saturated rings. The molecule has 0 spiro atoms. The molecule has 1 rings (SSSR count). The van der Waals surface area contributed by atoms with Crippen LogP contribution >= 0.6 is 18.9 Å². The van der Waals surface area contributed by atoms with Crippen molar-refractivity contribution in [2.45, 2.75) is 20.8 Å². The summed E-state index contributed by atoms with van der Waals surface area (Å²) < 4.78 is 28.1. The van der Waals surface area contributed by atoms with Crippen molar-refractivity contribution in [1.29, 1.82) is 0 Å². The van der Waals surface area contributed by atoms with Crippen LogP contribution in [-0.2, 0) is 23.1 Å². The Balaban J connectivity index is 3.20. The van der Waals surface area contributed by atoms with Crippen molar-refractivity contribution < 1.29 is 23.1 Å². The summed E-state index contributed by atoms with van der Waals surface area (Å²) in [5, 5.41) is 1.80. The van der Waals surface area contributed by atoms with E-state index in [2.05, 4.69) is 0 Å². The highest BCUT2D eigenvalue weighted by Gasteiger charge is 2.36. The van der Waals surface area contributed by atoms with Gasteiger partial charge in [0.05, 0.1) is 19.8 Å². The molecule has 112 valence electrons. The van der Waals surface area contributed by atoms with E-state index in [1.165, 1.54) is 17.4 Å². The third kappa shape index (κ3) is 4.56. The Labute approximate surface area is 123 Å². The fourth-order valence-electron chi connectivity index (χ4n) is 1.48. The molecule has 0 saturated heterocycles. The predicted octanol–water partition coefficient (Wildman–Crippen LogP) is 3.92. The zero-order valence-electron chi connectivity index (χ0n) is 11.8. The van der Waals surface area contributed by atoms with Gasteiger partial charge in [-0.1, -0.05) is 6.07 Å². The summed E-state index contributed by atoms with van der Waals surface area (Å²) in [6.07, 6.45) is 1.51. The summed E-state index contributed by atoms with van der Waals surface area (Å²) >= 11 is 1.42. The van der Waals surface area contributed by atoms with E-state index in [9.17, 15) is 9.36 Å². The third-order valence-electron chi connectivity index (χ3n) is 2.20. The molecule has 0 amide bonds. The van der Waals surface area contributed by atoms with Crippen LogP contribution in [0.15, 0.2) is 22.8 Å². The molecule has 0 aliphatic rings. The first kappa shape index (κ1) is 17.1. The molecule has 0 N–H and O–H groups in total. The Bertz CT molecular complexity index is 485. The van der Waals surface area contributed by atoms with Crippen molar-refractivity contribution in [2.75, 3.05) is 19.8 Å². The van der Waals surface area contributed by atoms with Gasteiger partial charge in [-0.05, 0) is 38.3 Å². The molecular weight excluding hydrogens is 299 g/mol. The van der Waals surface area contributed by atoms with E-state index in [1.807, 2.05) is 17.5 Å². The minimum Gasteiger partial charge on any atom is -0.462 e. The molecule has 0 aliphatic heterocycles. The van der Waals surface area contributed by atoms with Crippen LogP contribution < -0.4 is 0 Å². The van der Waals surface area contributed by atoms with Gasteiger partial charge >= 0.3 is 13.6 Å². The molecule has 0 atom stereocenters. The van der Waals surface area contributed by atoms with Crippen molar-refractivity contribution >= 4 is 31.0 Å². The van der Waals surface area contributed by atoms with E-state index in [0.29, 0.717) is 0 Å². The lowest BCUT2D eigenvalue weighted by molar-refractivity contribution is -0.137. The van der Waals surface area contributed by atoms with Crippen LogP contribution in [0.1, 0.15) is 25.6 Å². The monoisotopic (exact) mass is 318 g/mol. The molecule has 1 heterocycles. The highest BCUT2D eigenvalue weighted by molar-refractivity contribution is 7.60.